The number of carbonyl (C=O) groups is 3. The predicted octanol–water partition coefficient (Wildman–Crippen LogP) is 3.11. The van der Waals surface area contributed by atoms with E-state index in [4.69, 9.17) is 9.47 Å². The Balaban J connectivity index is 1.53. The van der Waals surface area contributed by atoms with Gasteiger partial charge < -0.3 is 20.1 Å². The van der Waals surface area contributed by atoms with E-state index in [0.717, 1.165) is 5.56 Å². The topological polar surface area (TPSA) is 118 Å². The first kappa shape index (κ1) is 24.0. The van der Waals surface area contributed by atoms with E-state index in [1.807, 2.05) is 25.1 Å². The molecule has 3 aromatic rings. The molecule has 174 valence electrons. The molecule has 0 unspecified atom stereocenters. The van der Waals surface area contributed by atoms with E-state index in [1.54, 1.807) is 54.6 Å². The largest absolute Gasteiger partial charge is 0.497 e. The molecule has 0 atom stereocenters. The van der Waals surface area contributed by atoms with Crippen LogP contribution in [-0.4, -0.2) is 37.7 Å². The first-order valence-corrected chi connectivity index (χ1v) is 10.3. The van der Waals surface area contributed by atoms with Gasteiger partial charge in [0.2, 0.25) is 0 Å². The molecular formula is C25H24N4O5. The van der Waals surface area contributed by atoms with Crippen molar-refractivity contribution in [2.24, 2.45) is 5.10 Å². The van der Waals surface area contributed by atoms with Gasteiger partial charge >= 0.3 is 11.8 Å². The van der Waals surface area contributed by atoms with Crippen molar-refractivity contribution in [1.29, 1.82) is 0 Å². The number of hydrazone groups is 1. The third-order valence-electron chi connectivity index (χ3n) is 4.48. The van der Waals surface area contributed by atoms with Crippen molar-refractivity contribution in [2.75, 3.05) is 24.4 Å². The molecule has 9 heteroatoms. The van der Waals surface area contributed by atoms with E-state index in [1.165, 1.54) is 13.3 Å². The average Bonchev–Trinajstić information content (AvgIpc) is 2.83. The van der Waals surface area contributed by atoms with Gasteiger partial charge in [-0.25, -0.2) is 5.43 Å². The summed E-state index contributed by atoms with van der Waals surface area (Å²) in [4.78, 5) is 36.3. The molecule has 0 fully saturated rings. The van der Waals surface area contributed by atoms with Crippen molar-refractivity contribution < 1.29 is 23.9 Å². The van der Waals surface area contributed by atoms with Crippen LogP contribution in [0.1, 0.15) is 11.1 Å². The van der Waals surface area contributed by atoms with Gasteiger partial charge in [0.25, 0.3) is 5.91 Å². The molecule has 0 aliphatic rings. The molecule has 0 saturated heterocycles. The Kier molecular flexibility index (Phi) is 8.34. The van der Waals surface area contributed by atoms with Crippen molar-refractivity contribution in [1.82, 2.24) is 5.43 Å². The monoisotopic (exact) mass is 460 g/mol. The molecule has 34 heavy (non-hydrogen) atoms. The zero-order chi connectivity index (χ0) is 24.3. The fourth-order valence-corrected chi connectivity index (χ4v) is 2.88. The highest BCUT2D eigenvalue weighted by atomic mass is 16.5. The smallest absolute Gasteiger partial charge is 0.329 e. The number of rotatable bonds is 8. The number of anilines is 2. The van der Waals surface area contributed by atoms with Gasteiger partial charge in [-0.2, -0.15) is 5.10 Å². The van der Waals surface area contributed by atoms with Crippen LogP contribution in [0.2, 0.25) is 0 Å². The van der Waals surface area contributed by atoms with Crippen molar-refractivity contribution in [3.8, 4) is 11.5 Å². The van der Waals surface area contributed by atoms with Crippen molar-refractivity contribution in [2.45, 2.75) is 6.92 Å². The quantitative estimate of drug-likeness (QED) is 0.271. The Morgan fingerprint density at radius 1 is 0.882 bits per heavy atom. The van der Waals surface area contributed by atoms with Crippen molar-refractivity contribution in [3.63, 3.8) is 0 Å². The summed E-state index contributed by atoms with van der Waals surface area (Å²) in [5.41, 5.74) is 4.79. The Morgan fingerprint density at radius 3 is 2.38 bits per heavy atom. The molecule has 3 rings (SSSR count). The van der Waals surface area contributed by atoms with Gasteiger partial charge in [0, 0.05) is 23.0 Å². The van der Waals surface area contributed by atoms with Crippen LogP contribution in [0.5, 0.6) is 11.5 Å². The van der Waals surface area contributed by atoms with Gasteiger partial charge in [-0.05, 0) is 48.9 Å². The van der Waals surface area contributed by atoms with Crippen LogP contribution in [0, 0.1) is 6.92 Å². The van der Waals surface area contributed by atoms with Gasteiger partial charge in [-0.1, -0.05) is 30.3 Å². The number of hydrogen-bond acceptors (Lipinski definition) is 6. The fourth-order valence-electron chi connectivity index (χ4n) is 2.88. The molecule has 0 aliphatic carbocycles. The Morgan fingerprint density at radius 2 is 1.62 bits per heavy atom. The predicted molar refractivity (Wildman–Crippen MR) is 129 cm³/mol. The van der Waals surface area contributed by atoms with E-state index >= 15 is 0 Å². The summed E-state index contributed by atoms with van der Waals surface area (Å²) in [5.74, 6) is -1.22. The molecule has 9 nitrogen and oxygen atoms in total. The normalized spacial score (nSPS) is 10.4. The van der Waals surface area contributed by atoms with Crippen LogP contribution in [0.25, 0.3) is 0 Å². The number of nitrogens with zero attached hydrogens (tertiary/aromatic N) is 1. The lowest BCUT2D eigenvalue weighted by Gasteiger charge is -2.10. The Hall–Kier alpha value is -4.66. The highest BCUT2D eigenvalue weighted by Crippen LogP contribution is 2.17. The number of hydrogen-bond donors (Lipinski definition) is 3. The highest BCUT2D eigenvalue weighted by Gasteiger charge is 2.13. The van der Waals surface area contributed by atoms with Crippen LogP contribution < -0.4 is 25.5 Å². The number of para-hydroxylation sites is 1. The van der Waals surface area contributed by atoms with E-state index in [2.05, 4.69) is 21.2 Å². The minimum absolute atomic E-state index is 0.214. The van der Waals surface area contributed by atoms with E-state index in [0.29, 0.717) is 28.4 Å². The number of aryl methyl sites for hydroxylation is 1. The fraction of sp³-hybridized carbons (Fsp3) is 0.120. The molecule has 0 radical (unpaired) electrons. The van der Waals surface area contributed by atoms with Crippen molar-refractivity contribution >= 4 is 35.3 Å². The lowest BCUT2D eigenvalue weighted by molar-refractivity contribution is -0.136. The summed E-state index contributed by atoms with van der Waals surface area (Å²) in [6, 6.07) is 20.9. The van der Waals surface area contributed by atoms with Gasteiger partial charge in [0.05, 0.1) is 13.3 Å². The second kappa shape index (κ2) is 11.8. The number of nitrogens with one attached hydrogen (secondary N) is 3. The lowest BCUT2D eigenvalue weighted by atomic mass is 10.2. The standard InChI is InChI=1S/C25H24N4O5/c1-17-7-5-9-19(13-17)27-23(30)16-34-22-12-4-3-8-18(22)15-26-29-25(32)24(31)28-20-10-6-11-21(14-20)33-2/h3-15H,16H2,1-2H3,(H,27,30)(H,28,31)(H,29,32)/b26-15-. The maximum Gasteiger partial charge on any atom is 0.329 e. The minimum atomic E-state index is -0.949. The summed E-state index contributed by atoms with van der Waals surface area (Å²) < 4.78 is 10.7. The summed E-state index contributed by atoms with van der Waals surface area (Å²) in [5, 5.41) is 9.03. The van der Waals surface area contributed by atoms with Gasteiger partial charge in [-0.15, -0.1) is 0 Å². The molecular weight excluding hydrogens is 436 g/mol. The molecule has 0 aliphatic heterocycles. The van der Waals surface area contributed by atoms with Crippen LogP contribution in [0.4, 0.5) is 11.4 Å². The molecule has 0 heterocycles. The molecule has 3 aromatic carbocycles. The van der Waals surface area contributed by atoms with E-state index in [9.17, 15) is 14.4 Å². The number of benzene rings is 3. The van der Waals surface area contributed by atoms with Gasteiger partial charge in [0.15, 0.2) is 6.61 Å². The Labute approximate surface area is 196 Å². The van der Waals surface area contributed by atoms with Gasteiger partial charge in [-0.3, -0.25) is 14.4 Å². The highest BCUT2D eigenvalue weighted by molar-refractivity contribution is 6.39. The summed E-state index contributed by atoms with van der Waals surface area (Å²) in [6.45, 7) is 1.72. The van der Waals surface area contributed by atoms with Crippen LogP contribution in [-0.2, 0) is 14.4 Å². The molecule has 3 amide bonds. The van der Waals surface area contributed by atoms with Crippen LogP contribution >= 0.6 is 0 Å². The molecule has 0 bridgehead atoms. The van der Waals surface area contributed by atoms with Crippen LogP contribution in [0.15, 0.2) is 77.9 Å². The van der Waals surface area contributed by atoms with Gasteiger partial charge in [0.1, 0.15) is 11.5 Å². The third-order valence-corrected chi connectivity index (χ3v) is 4.48. The summed E-state index contributed by atoms with van der Waals surface area (Å²) in [6.07, 6.45) is 1.32. The maximum absolute atomic E-state index is 12.2. The number of ether oxygens (including phenoxy) is 2. The Bertz CT molecular complexity index is 1210. The number of methoxy groups -OCH3 is 1. The molecule has 3 N–H and O–H groups in total. The SMILES string of the molecule is COc1cccc(NC(=O)C(=O)N/N=C\c2ccccc2OCC(=O)Nc2cccc(C)c2)c1. The zero-order valence-corrected chi connectivity index (χ0v) is 18.7. The average molecular weight is 460 g/mol. The zero-order valence-electron chi connectivity index (χ0n) is 18.7. The van der Waals surface area contributed by atoms with E-state index < -0.39 is 11.8 Å². The van der Waals surface area contributed by atoms with Crippen LogP contribution in [0.3, 0.4) is 0 Å². The number of amides is 3. The molecule has 0 saturated carbocycles. The number of carbonyl (C=O) groups excluding carboxylic acids is 3. The molecule has 0 aromatic heterocycles. The van der Waals surface area contributed by atoms with E-state index in [-0.39, 0.29) is 12.5 Å². The minimum Gasteiger partial charge on any atom is -0.497 e. The summed E-state index contributed by atoms with van der Waals surface area (Å²) >= 11 is 0. The lowest BCUT2D eigenvalue weighted by Crippen LogP contribution is -2.32. The second-order valence-electron chi connectivity index (χ2n) is 7.13. The first-order valence-electron chi connectivity index (χ1n) is 10.3. The maximum atomic E-state index is 12.2. The first-order chi connectivity index (χ1) is 16.4. The second-order valence-corrected chi connectivity index (χ2v) is 7.13. The van der Waals surface area contributed by atoms with Crippen molar-refractivity contribution in [3.05, 3.63) is 83.9 Å². The third kappa shape index (κ3) is 7.20. The summed E-state index contributed by atoms with van der Waals surface area (Å²) in [7, 11) is 1.50. The molecule has 0 spiro atoms.